The van der Waals surface area contributed by atoms with E-state index >= 15 is 0 Å². The first-order valence-corrected chi connectivity index (χ1v) is 5.94. The summed E-state index contributed by atoms with van der Waals surface area (Å²) in [4.78, 5) is 14.1. The van der Waals surface area contributed by atoms with Gasteiger partial charge in [-0.15, -0.1) is 0 Å². The van der Waals surface area contributed by atoms with Crippen molar-refractivity contribution in [3.8, 4) is 0 Å². The van der Waals surface area contributed by atoms with Crippen LogP contribution in [0.3, 0.4) is 0 Å². The average Bonchev–Trinajstić information content (AvgIpc) is 2.92. The van der Waals surface area contributed by atoms with E-state index in [0.29, 0.717) is 24.5 Å². The molecule has 0 spiro atoms. The Labute approximate surface area is 90.0 Å². The second-order valence-electron chi connectivity index (χ2n) is 4.91. The zero-order valence-corrected chi connectivity index (χ0v) is 8.95. The molecule has 3 aliphatic heterocycles. The number of hydrogen-bond acceptors (Lipinski definition) is 3. The van der Waals surface area contributed by atoms with E-state index in [-0.39, 0.29) is 5.92 Å². The second kappa shape index (κ2) is 3.76. The van der Waals surface area contributed by atoms with Crippen LogP contribution in [-0.4, -0.2) is 49.7 Å². The molecule has 3 heterocycles. The molecular formula is C11H18N2O2. The van der Waals surface area contributed by atoms with Crippen molar-refractivity contribution in [1.29, 1.82) is 0 Å². The summed E-state index contributed by atoms with van der Waals surface area (Å²) in [6.45, 7) is 4.41. The molecule has 1 N–H and O–H groups in total. The number of rotatable bonds is 1. The average molecular weight is 210 g/mol. The van der Waals surface area contributed by atoms with Crippen molar-refractivity contribution in [3.05, 3.63) is 0 Å². The first kappa shape index (κ1) is 9.60. The second-order valence-corrected chi connectivity index (χ2v) is 4.91. The molecule has 1 unspecified atom stereocenters. The fourth-order valence-corrected chi connectivity index (χ4v) is 3.02. The van der Waals surface area contributed by atoms with Gasteiger partial charge in [0.25, 0.3) is 0 Å². The van der Waals surface area contributed by atoms with Crippen molar-refractivity contribution in [2.24, 2.45) is 11.8 Å². The molecule has 3 rings (SSSR count). The molecule has 3 fully saturated rings. The Morgan fingerprint density at radius 3 is 3.00 bits per heavy atom. The van der Waals surface area contributed by atoms with Gasteiger partial charge in [0, 0.05) is 25.7 Å². The lowest BCUT2D eigenvalue weighted by molar-refractivity contribution is -0.134. The highest BCUT2D eigenvalue weighted by Crippen LogP contribution is 2.27. The highest BCUT2D eigenvalue weighted by molar-refractivity contribution is 5.79. The molecule has 0 aliphatic carbocycles. The molecule has 0 aromatic rings. The van der Waals surface area contributed by atoms with Crippen LogP contribution in [0.25, 0.3) is 0 Å². The van der Waals surface area contributed by atoms with E-state index in [1.165, 1.54) is 6.42 Å². The number of nitrogens with one attached hydrogen (secondary N) is 1. The molecule has 0 bridgehead atoms. The summed E-state index contributed by atoms with van der Waals surface area (Å²) in [6.07, 6.45) is 2.15. The third-order valence-electron chi connectivity index (χ3n) is 3.95. The van der Waals surface area contributed by atoms with Crippen molar-refractivity contribution in [2.75, 3.05) is 32.8 Å². The monoisotopic (exact) mass is 210 g/mol. The summed E-state index contributed by atoms with van der Waals surface area (Å²) in [7, 11) is 0. The third kappa shape index (κ3) is 1.66. The minimum Gasteiger partial charge on any atom is -0.381 e. The van der Waals surface area contributed by atoms with Crippen LogP contribution in [-0.2, 0) is 9.53 Å². The Hall–Kier alpha value is -0.610. The number of likely N-dealkylation sites (tertiary alicyclic amines) is 1. The predicted molar refractivity (Wildman–Crippen MR) is 55.4 cm³/mol. The summed E-state index contributed by atoms with van der Waals surface area (Å²) in [5.41, 5.74) is 0. The SMILES string of the molecule is O=C(C1CCOC1)N1C[C@@H]2CCN[C@@H]2C1. The van der Waals surface area contributed by atoms with Gasteiger partial charge in [-0.05, 0) is 25.3 Å². The predicted octanol–water partition coefficient (Wildman–Crippen LogP) is -0.157. The van der Waals surface area contributed by atoms with Gasteiger partial charge in [0.15, 0.2) is 0 Å². The fraction of sp³-hybridized carbons (Fsp3) is 0.909. The Morgan fingerprint density at radius 2 is 2.27 bits per heavy atom. The Balaban J connectivity index is 1.61. The lowest BCUT2D eigenvalue weighted by atomic mass is 10.1. The molecule has 1 amide bonds. The van der Waals surface area contributed by atoms with Crippen molar-refractivity contribution >= 4 is 5.91 Å². The smallest absolute Gasteiger partial charge is 0.228 e. The topological polar surface area (TPSA) is 41.6 Å². The molecule has 4 heteroatoms. The lowest BCUT2D eigenvalue weighted by Gasteiger charge is -2.20. The van der Waals surface area contributed by atoms with Gasteiger partial charge in [0.05, 0.1) is 12.5 Å². The first-order valence-electron chi connectivity index (χ1n) is 5.94. The van der Waals surface area contributed by atoms with Gasteiger partial charge in [-0.2, -0.15) is 0 Å². The van der Waals surface area contributed by atoms with E-state index in [9.17, 15) is 4.79 Å². The van der Waals surface area contributed by atoms with Crippen LogP contribution >= 0.6 is 0 Å². The van der Waals surface area contributed by atoms with Crippen LogP contribution in [0.5, 0.6) is 0 Å². The van der Waals surface area contributed by atoms with Crippen LogP contribution < -0.4 is 5.32 Å². The number of carbonyl (C=O) groups is 1. The van der Waals surface area contributed by atoms with Gasteiger partial charge in [0.2, 0.25) is 5.91 Å². The van der Waals surface area contributed by atoms with Crippen molar-refractivity contribution < 1.29 is 9.53 Å². The van der Waals surface area contributed by atoms with Crippen LogP contribution in [0.2, 0.25) is 0 Å². The van der Waals surface area contributed by atoms with E-state index < -0.39 is 0 Å². The quantitative estimate of drug-likeness (QED) is 0.654. The number of ether oxygens (including phenoxy) is 1. The molecule has 0 aromatic carbocycles. The largest absolute Gasteiger partial charge is 0.381 e. The van der Waals surface area contributed by atoms with Crippen molar-refractivity contribution in [1.82, 2.24) is 10.2 Å². The zero-order chi connectivity index (χ0) is 10.3. The molecule has 3 atom stereocenters. The summed E-state index contributed by atoms with van der Waals surface area (Å²) in [5.74, 6) is 1.17. The van der Waals surface area contributed by atoms with E-state index in [1.807, 2.05) is 4.90 Å². The first-order chi connectivity index (χ1) is 7.34. The number of amides is 1. The molecule has 3 aliphatic rings. The summed E-state index contributed by atoms with van der Waals surface area (Å²) < 4.78 is 5.27. The Kier molecular flexibility index (Phi) is 2.41. The minimum atomic E-state index is 0.142. The summed E-state index contributed by atoms with van der Waals surface area (Å²) >= 11 is 0. The summed E-state index contributed by atoms with van der Waals surface area (Å²) in [5, 5.41) is 3.47. The van der Waals surface area contributed by atoms with E-state index in [0.717, 1.165) is 32.7 Å². The standard InChI is InChI=1S/C11H18N2O2/c14-11(9-2-4-15-7-9)13-5-8-1-3-12-10(8)6-13/h8-10,12H,1-7H2/t8-,9?,10+/m0/s1. The van der Waals surface area contributed by atoms with E-state index in [4.69, 9.17) is 4.74 Å². The maximum atomic E-state index is 12.1. The van der Waals surface area contributed by atoms with Crippen LogP contribution in [0.15, 0.2) is 0 Å². The number of carbonyl (C=O) groups excluding carboxylic acids is 1. The Morgan fingerprint density at radius 1 is 1.33 bits per heavy atom. The third-order valence-corrected chi connectivity index (χ3v) is 3.95. The minimum absolute atomic E-state index is 0.142. The van der Waals surface area contributed by atoms with Crippen LogP contribution in [0.1, 0.15) is 12.8 Å². The molecule has 3 saturated heterocycles. The lowest BCUT2D eigenvalue weighted by Crippen LogP contribution is -2.37. The van der Waals surface area contributed by atoms with Gasteiger partial charge in [-0.3, -0.25) is 4.79 Å². The van der Waals surface area contributed by atoms with Gasteiger partial charge >= 0.3 is 0 Å². The highest BCUT2D eigenvalue weighted by Gasteiger charge is 2.40. The van der Waals surface area contributed by atoms with Gasteiger partial charge in [-0.1, -0.05) is 0 Å². The van der Waals surface area contributed by atoms with Crippen molar-refractivity contribution in [3.63, 3.8) is 0 Å². The normalized spacial score (nSPS) is 39.7. The van der Waals surface area contributed by atoms with Crippen LogP contribution in [0, 0.1) is 11.8 Å². The van der Waals surface area contributed by atoms with Crippen molar-refractivity contribution in [2.45, 2.75) is 18.9 Å². The maximum Gasteiger partial charge on any atom is 0.228 e. The Bertz CT molecular complexity index is 251. The fourth-order valence-electron chi connectivity index (χ4n) is 3.02. The highest BCUT2D eigenvalue weighted by atomic mass is 16.5. The van der Waals surface area contributed by atoms with Gasteiger partial charge < -0.3 is 15.0 Å². The van der Waals surface area contributed by atoms with Gasteiger partial charge in [-0.25, -0.2) is 0 Å². The number of hydrogen-bond donors (Lipinski definition) is 1. The molecule has 4 nitrogen and oxygen atoms in total. The summed E-state index contributed by atoms with van der Waals surface area (Å²) in [6, 6.07) is 0.566. The van der Waals surface area contributed by atoms with E-state index in [2.05, 4.69) is 5.32 Å². The number of fused-ring (bicyclic) bond motifs is 1. The molecule has 84 valence electrons. The molecule has 0 saturated carbocycles. The molecule has 0 aromatic heterocycles. The van der Waals surface area contributed by atoms with Gasteiger partial charge in [0.1, 0.15) is 0 Å². The molecule has 0 radical (unpaired) electrons. The van der Waals surface area contributed by atoms with Crippen LogP contribution in [0.4, 0.5) is 0 Å². The molecular weight excluding hydrogens is 192 g/mol. The maximum absolute atomic E-state index is 12.1. The number of nitrogens with zero attached hydrogens (tertiary/aromatic N) is 1. The van der Waals surface area contributed by atoms with E-state index in [1.54, 1.807) is 0 Å². The zero-order valence-electron chi connectivity index (χ0n) is 8.95. The molecule has 15 heavy (non-hydrogen) atoms.